The molecule has 0 aliphatic rings. The monoisotopic (exact) mass is 426 g/mol. The van der Waals surface area contributed by atoms with Crippen LogP contribution in [0.5, 0.6) is 11.5 Å². The minimum atomic E-state index is -0.517. The van der Waals surface area contributed by atoms with Crippen molar-refractivity contribution in [2.75, 3.05) is 19.0 Å². The lowest BCUT2D eigenvalue weighted by Gasteiger charge is -2.07. The van der Waals surface area contributed by atoms with Gasteiger partial charge in [0.05, 0.1) is 19.2 Å². The molecule has 2 aromatic carbocycles. The van der Waals surface area contributed by atoms with Gasteiger partial charge in [0.25, 0.3) is 5.91 Å². The summed E-state index contributed by atoms with van der Waals surface area (Å²) in [5.74, 6) is 0.515. The van der Waals surface area contributed by atoms with Gasteiger partial charge < -0.3 is 19.5 Å². The van der Waals surface area contributed by atoms with Gasteiger partial charge in [0.15, 0.2) is 6.61 Å². The Morgan fingerprint density at radius 2 is 1.73 bits per heavy atom. The number of esters is 1. The van der Waals surface area contributed by atoms with E-state index in [1.165, 1.54) is 11.3 Å². The maximum absolute atomic E-state index is 12.0. The van der Waals surface area contributed by atoms with Crippen LogP contribution in [0, 0.1) is 6.92 Å². The molecule has 0 unspecified atom stereocenters. The molecule has 0 saturated carbocycles. The summed E-state index contributed by atoms with van der Waals surface area (Å²) in [6.07, 6.45) is -0.00313. The minimum absolute atomic E-state index is 0.00313. The molecule has 0 fully saturated rings. The number of nitrogens with zero attached hydrogens (tertiary/aromatic N) is 1. The van der Waals surface area contributed by atoms with Crippen molar-refractivity contribution in [2.24, 2.45) is 0 Å². The van der Waals surface area contributed by atoms with E-state index in [1.54, 1.807) is 36.8 Å². The van der Waals surface area contributed by atoms with Crippen molar-refractivity contribution in [3.05, 3.63) is 70.2 Å². The molecule has 1 amide bonds. The largest absolute Gasteiger partial charge is 0.497 e. The molecule has 1 aromatic heterocycles. The fourth-order valence-electron chi connectivity index (χ4n) is 2.49. The topological polar surface area (TPSA) is 86.8 Å². The molecule has 1 heterocycles. The summed E-state index contributed by atoms with van der Waals surface area (Å²) < 4.78 is 15.8. The van der Waals surface area contributed by atoms with Crippen molar-refractivity contribution in [1.82, 2.24) is 4.98 Å². The molecule has 7 nitrogen and oxygen atoms in total. The van der Waals surface area contributed by atoms with Gasteiger partial charge in [-0.15, -0.1) is 11.3 Å². The molecule has 30 heavy (non-hydrogen) atoms. The zero-order valence-corrected chi connectivity index (χ0v) is 17.5. The lowest BCUT2D eigenvalue weighted by atomic mass is 10.2. The summed E-state index contributed by atoms with van der Waals surface area (Å²) in [5, 5.41) is 5.19. The van der Waals surface area contributed by atoms with E-state index in [2.05, 4.69) is 10.3 Å². The molecule has 0 saturated heterocycles. The van der Waals surface area contributed by atoms with E-state index in [-0.39, 0.29) is 13.0 Å². The summed E-state index contributed by atoms with van der Waals surface area (Å²) in [6.45, 7) is 1.98. The zero-order chi connectivity index (χ0) is 21.3. The van der Waals surface area contributed by atoms with Crippen molar-refractivity contribution >= 4 is 28.9 Å². The second kappa shape index (κ2) is 10.4. The minimum Gasteiger partial charge on any atom is -0.497 e. The number of hydrogen-bond donors (Lipinski definition) is 1. The van der Waals surface area contributed by atoms with Gasteiger partial charge in [-0.2, -0.15) is 0 Å². The Balaban J connectivity index is 1.40. The molecule has 0 radical (unpaired) electrons. The van der Waals surface area contributed by atoms with Crippen LogP contribution in [0.2, 0.25) is 0 Å². The van der Waals surface area contributed by atoms with Crippen LogP contribution < -0.4 is 14.8 Å². The number of thiazole rings is 1. The van der Waals surface area contributed by atoms with Crippen molar-refractivity contribution < 1.29 is 23.8 Å². The number of nitrogens with one attached hydrogen (secondary N) is 1. The molecular formula is C22H22N2O5S. The van der Waals surface area contributed by atoms with Crippen molar-refractivity contribution in [1.29, 1.82) is 0 Å². The molecule has 156 valence electrons. The second-order valence-corrected chi connectivity index (χ2v) is 7.39. The first-order valence-corrected chi connectivity index (χ1v) is 10.1. The average Bonchev–Trinajstić information content (AvgIpc) is 3.19. The first-order valence-electron chi connectivity index (χ1n) is 9.24. The summed E-state index contributed by atoms with van der Waals surface area (Å²) >= 11 is 1.41. The molecule has 0 atom stereocenters. The van der Waals surface area contributed by atoms with Crippen LogP contribution >= 0.6 is 11.3 Å². The Bertz CT molecular complexity index is 984. The fourth-order valence-corrected chi connectivity index (χ4v) is 3.20. The van der Waals surface area contributed by atoms with Crippen LogP contribution in [0.1, 0.15) is 16.3 Å². The fraction of sp³-hybridized carbons (Fsp3) is 0.227. The molecule has 1 N–H and O–H groups in total. The molecule has 3 aromatic rings. The van der Waals surface area contributed by atoms with Crippen LogP contribution in [0.3, 0.4) is 0 Å². The maximum atomic E-state index is 12.0. The number of anilines is 1. The predicted octanol–water partition coefficient (Wildman–Crippen LogP) is 3.76. The number of aromatic nitrogens is 1. The standard InChI is InChI=1S/C22H22N2O5S/c1-15-3-7-19(8-4-15)28-13-21-24-17(14-30-21)11-22(26)29-12-20(25)23-16-5-9-18(27-2)10-6-16/h3-10,14H,11-13H2,1-2H3,(H,23,25). The van der Waals surface area contributed by atoms with E-state index in [1.807, 2.05) is 31.2 Å². The Morgan fingerprint density at radius 3 is 2.43 bits per heavy atom. The molecule has 0 aliphatic heterocycles. The second-order valence-electron chi connectivity index (χ2n) is 6.45. The van der Waals surface area contributed by atoms with Gasteiger partial charge in [0, 0.05) is 11.1 Å². The average molecular weight is 426 g/mol. The maximum Gasteiger partial charge on any atom is 0.312 e. The molecule has 0 spiro atoms. The third kappa shape index (κ3) is 6.59. The Hall–Kier alpha value is -3.39. The van der Waals surface area contributed by atoms with Gasteiger partial charge in [-0.3, -0.25) is 9.59 Å². The predicted molar refractivity (Wildman–Crippen MR) is 114 cm³/mol. The number of carbonyl (C=O) groups is 2. The lowest BCUT2D eigenvalue weighted by Crippen LogP contribution is -2.21. The van der Waals surface area contributed by atoms with Crippen LogP contribution in [-0.4, -0.2) is 30.6 Å². The van der Waals surface area contributed by atoms with Crippen molar-refractivity contribution in [3.8, 4) is 11.5 Å². The Morgan fingerprint density at radius 1 is 1.03 bits per heavy atom. The van der Waals surface area contributed by atoms with E-state index in [4.69, 9.17) is 14.2 Å². The smallest absolute Gasteiger partial charge is 0.312 e. The first kappa shape index (κ1) is 21.3. The number of carbonyl (C=O) groups excluding carboxylic acids is 2. The van der Waals surface area contributed by atoms with Gasteiger partial charge in [-0.05, 0) is 43.3 Å². The van der Waals surface area contributed by atoms with E-state index < -0.39 is 11.9 Å². The highest BCUT2D eigenvalue weighted by Gasteiger charge is 2.12. The van der Waals surface area contributed by atoms with E-state index in [9.17, 15) is 9.59 Å². The van der Waals surface area contributed by atoms with Crippen molar-refractivity contribution in [3.63, 3.8) is 0 Å². The Kier molecular flexibility index (Phi) is 7.40. The van der Waals surface area contributed by atoms with E-state index >= 15 is 0 Å². The Labute approximate surface area is 178 Å². The summed E-state index contributed by atoms with van der Waals surface area (Å²) in [7, 11) is 1.56. The van der Waals surface area contributed by atoms with Crippen LogP contribution in [0.25, 0.3) is 0 Å². The third-order valence-electron chi connectivity index (χ3n) is 4.05. The van der Waals surface area contributed by atoms with E-state index in [0.717, 1.165) is 16.3 Å². The number of methoxy groups -OCH3 is 1. The summed E-state index contributed by atoms with van der Waals surface area (Å²) in [4.78, 5) is 28.3. The van der Waals surface area contributed by atoms with Gasteiger partial charge in [0.1, 0.15) is 23.1 Å². The van der Waals surface area contributed by atoms with Crippen LogP contribution in [0.4, 0.5) is 5.69 Å². The zero-order valence-electron chi connectivity index (χ0n) is 16.7. The summed E-state index contributed by atoms with van der Waals surface area (Å²) in [6, 6.07) is 14.6. The molecular weight excluding hydrogens is 404 g/mol. The van der Waals surface area contributed by atoms with E-state index in [0.29, 0.717) is 23.7 Å². The van der Waals surface area contributed by atoms with Crippen LogP contribution in [0.15, 0.2) is 53.9 Å². The number of benzene rings is 2. The highest BCUT2D eigenvalue weighted by atomic mass is 32.1. The normalized spacial score (nSPS) is 10.3. The SMILES string of the molecule is COc1ccc(NC(=O)COC(=O)Cc2csc(COc3ccc(C)cc3)n2)cc1. The number of aryl methyl sites for hydroxylation is 1. The number of amides is 1. The van der Waals surface area contributed by atoms with Gasteiger partial charge in [-0.1, -0.05) is 17.7 Å². The van der Waals surface area contributed by atoms with Gasteiger partial charge in [0.2, 0.25) is 0 Å². The first-order chi connectivity index (χ1) is 14.5. The highest BCUT2D eigenvalue weighted by Crippen LogP contribution is 2.17. The highest BCUT2D eigenvalue weighted by molar-refractivity contribution is 7.09. The quantitative estimate of drug-likeness (QED) is 0.524. The molecule has 0 bridgehead atoms. The third-order valence-corrected chi connectivity index (χ3v) is 4.92. The number of ether oxygens (including phenoxy) is 3. The summed E-state index contributed by atoms with van der Waals surface area (Å²) in [5.41, 5.74) is 2.34. The van der Waals surface area contributed by atoms with Gasteiger partial charge >= 0.3 is 5.97 Å². The van der Waals surface area contributed by atoms with Crippen LogP contribution in [-0.2, 0) is 27.4 Å². The van der Waals surface area contributed by atoms with Gasteiger partial charge in [-0.25, -0.2) is 4.98 Å². The number of rotatable bonds is 9. The number of hydrogen-bond acceptors (Lipinski definition) is 7. The molecule has 3 rings (SSSR count). The molecule has 0 aliphatic carbocycles. The van der Waals surface area contributed by atoms with Crippen molar-refractivity contribution in [2.45, 2.75) is 20.0 Å². The molecule has 8 heteroatoms. The lowest BCUT2D eigenvalue weighted by molar-refractivity contribution is -0.146.